The topological polar surface area (TPSA) is 52.8 Å². The lowest BCUT2D eigenvalue weighted by atomic mass is 9.83. The van der Waals surface area contributed by atoms with Crippen molar-refractivity contribution in [2.75, 3.05) is 6.61 Å². The number of benzene rings is 4. The predicted molar refractivity (Wildman–Crippen MR) is 178 cm³/mol. The maximum Gasteiger partial charge on any atom is 0.271 e. The molecule has 1 atom stereocenters. The monoisotopic (exact) mass is 638 g/mol. The average Bonchev–Trinajstić information content (AvgIpc) is 3.35. The highest BCUT2D eigenvalue weighted by atomic mass is 35.5. The second-order valence-electron chi connectivity index (χ2n) is 10.7. The van der Waals surface area contributed by atoms with Gasteiger partial charge in [0.25, 0.3) is 5.56 Å². The second kappa shape index (κ2) is 12.1. The highest BCUT2D eigenvalue weighted by Crippen LogP contribution is 2.41. The molecule has 7 rings (SSSR count). The summed E-state index contributed by atoms with van der Waals surface area (Å²) < 4.78 is 14.5. The van der Waals surface area contributed by atoms with Crippen LogP contribution in [0.2, 0.25) is 10.0 Å². The summed E-state index contributed by atoms with van der Waals surface area (Å²) in [5.74, 6) is 1.21. The van der Waals surface area contributed by atoms with Crippen LogP contribution in [0.15, 0.2) is 106 Å². The number of aromatic nitrogens is 1. The molecule has 2 heterocycles. The van der Waals surface area contributed by atoms with Gasteiger partial charge in [-0.15, -0.1) is 0 Å². The lowest BCUT2D eigenvalue weighted by molar-refractivity contribution is 0.269. The molecular formula is C36H28Cl2N2O3S. The maximum absolute atomic E-state index is 14.1. The second-order valence-corrected chi connectivity index (χ2v) is 12.5. The summed E-state index contributed by atoms with van der Waals surface area (Å²) in [5, 5.41) is 1.31. The Balaban J connectivity index is 1.31. The van der Waals surface area contributed by atoms with E-state index in [1.807, 2.05) is 84.3 Å². The molecule has 0 amide bonds. The van der Waals surface area contributed by atoms with Crippen LogP contribution in [0.4, 0.5) is 0 Å². The summed E-state index contributed by atoms with van der Waals surface area (Å²) in [5.41, 5.74) is 7.22. The van der Waals surface area contributed by atoms with Crippen LogP contribution in [0.5, 0.6) is 11.5 Å². The third-order valence-corrected chi connectivity index (χ3v) is 9.57. The van der Waals surface area contributed by atoms with Gasteiger partial charge in [0.05, 0.1) is 22.9 Å². The number of hydrogen-bond acceptors (Lipinski definition) is 5. The van der Waals surface area contributed by atoms with Crippen LogP contribution in [-0.4, -0.2) is 11.2 Å². The fourth-order valence-corrected chi connectivity index (χ4v) is 7.21. The molecule has 0 spiro atoms. The van der Waals surface area contributed by atoms with E-state index in [9.17, 15) is 4.79 Å². The Kier molecular flexibility index (Phi) is 7.89. The molecule has 44 heavy (non-hydrogen) atoms. The van der Waals surface area contributed by atoms with Gasteiger partial charge < -0.3 is 9.47 Å². The zero-order valence-corrected chi connectivity index (χ0v) is 26.3. The highest BCUT2D eigenvalue weighted by molar-refractivity contribution is 7.07. The minimum Gasteiger partial charge on any atom is -0.490 e. The Labute approximate surface area is 269 Å². The molecule has 1 aliphatic heterocycles. The summed E-state index contributed by atoms with van der Waals surface area (Å²) >= 11 is 14.0. The van der Waals surface area contributed by atoms with Crippen molar-refractivity contribution in [2.24, 2.45) is 4.99 Å². The molecule has 5 nitrogen and oxygen atoms in total. The minimum absolute atomic E-state index is 0.0730. The van der Waals surface area contributed by atoms with Gasteiger partial charge in [-0.05, 0) is 78.4 Å². The van der Waals surface area contributed by atoms with Crippen LogP contribution < -0.4 is 24.4 Å². The van der Waals surface area contributed by atoms with Crippen molar-refractivity contribution in [3.05, 3.63) is 154 Å². The molecule has 0 radical (unpaired) electrons. The van der Waals surface area contributed by atoms with E-state index in [1.54, 1.807) is 0 Å². The number of hydrogen-bond donors (Lipinski definition) is 0. The predicted octanol–water partition coefficient (Wildman–Crippen LogP) is 7.60. The summed E-state index contributed by atoms with van der Waals surface area (Å²) in [6, 6.07) is 29.3. The molecule has 1 aliphatic carbocycles. The Hall–Kier alpha value is -4.10. The summed E-state index contributed by atoms with van der Waals surface area (Å²) in [4.78, 5) is 19.9. The number of fused-ring (bicyclic) bond motifs is 3. The molecule has 220 valence electrons. The van der Waals surface area contributed by atoms with Crippen molar-refractivity contribution < 1.29 is 9.47 Å². The van der Waals surface area contributed by atoms with Gasteiger partial charge in [-0.1, -0.05) is 95.2 Å². The van der Waals surface area contributed by atoms with E-state index in [2.05, 4.69) is 24.3 Å². The van der Waals surface area contributed by atoms with Crippen LogP contribution in [0.3, 0.4) is 0 Å². The van der Waals surface area contributed by atoms with Gasteiger partial charge >= 0.3 is 0 Å². The lowest BCUT2D eigenvalue weighted by Gasteiger charge is -2.30. The van der Waals surface area contributed by atoms with Crippen molar-refractivity contribution >= 4 is 46.3 Å². The van der Waals surface area contributed by atoms with Gasteiger partial charge in [0.15, 0.2) is 16.3 Å². The van der Waals surface area contributed by atoms with Crippen LogP contribution in [0, 0.1) is 0 Å². The Morgan fingerprint density at radius 3 is 2.55 bits per heavy atom. The van der Waals surface area contributed by atoms with Gasteiger partial charge in [-0.2, -0.15) is 0 Å². The van der Waals surface area contributed by atoms with Crippen molar-refractivity contribution in [1.29, 1.82) is 0 Å². The van der Waals surface area contributed by atoms with E-state index in [1.165, 1.54) is 16.9 Å². The third-order valence-electron chi connectivity index (χ3n) is 7.97. The quantitative estimate of drug-likeness (QED) is 0.184. The maximum atomic E-state index is 14.1. The van der Waals surface area contributed by atoms with E-state index in [0.717, 1.165) is 46.4 Å². The normalized spacial score (nSPS) is 15.7. The molecule has 2 aliphatic rings. The number of allylic oxidation sites excluding steroid dienone is 1. The van der Waals surface area contributed by atoms with E-state index < -0.39 is 0 Å². The van der Waals surface area contributed by atoms with Crippen LogP contribution in [0.1, 0.15) is 47.2 Å². The number of ether oxygens (including phenoxy) is 2. The summed E-state index contributed by atoms with van der Waals surface area (Å²) in [7, 11) is 0. The molecule has 1 aromatic heterocycles. The summed E-state index contributed by atoms with van der Waals surface area (Å²) in [6.45, 7) is 2.72. The first-order valence-corrected chi connectivity index (χ1v) is 16.1. The van der Waals surface area contributed by atoms with Crippen LogP contribution in [-0.2, 0) is 13.0 Å². The van der Waals surface area contributed by atoms with E-state index in [-0.39, 0.29) is 11.6 Å². The number of aryl methyl sites for hydroxylation is 1. The Morgan fingerprint density at radius 2 is 1.73 bits per heavy atom. The van der Waals surface area contributed by atoms with Gasteiger partial charge in [-0.25, -0.2) is 4.99 Å². The molecule has 0 N–H and O–H groups in total. The van der Waals surface area contributed by atoms with Crippen molar-refractivity contribution in [1.82, 2.24) is 4.57 Å². The smallest absolute Gasteiger partial charge is 0.271 e. The zero-order valence-electron chi connectivity index (χ0n) is 23.9. The van der Waals surface area contributed by atoms with Gasteiger partial charge in [0.1, 0.15) is 6.61 Å². The van der Waals surface area contributed by atoms with E-state index >= 15 is 0 Å². The molecule has 0 saturated carbocycles. The highest BCUT2D eigenvalue weighted by Gasteiger charge is 2.32. The van der Waals surface area contributed by atoms with Crippen molar-refractivity contribution in [3.8, 4) is 11.5 Å². The fourth-order valence-electron chi connectivity index (χ4n) is 5.89. The number of halogens is 2. The first-order valence-electron chi connectivity index (χ1n) is 14.5. The molecule has 0 bridgehead atoms. The van der Waals surface area contributed by atoms with Crippen LogP contribution in [0.25, 0.3) is 11.8 Å². The zero-order chi connectivity index (χ0) is 30.2. The first kappa shape index (κ1) is 28.7. The SMILES string of the molecule is CCOc1cc(/C=c2/sc3n(c2=O)[C@H](c2ccc(Cl)cc2)C2=C(N=3)c3ccccc3CC2)ccc1OCc1ccccc1Cl. The molecule has 8 heteroatoms. The average molecular weight is 640 g/mol. The van der Waals surface area contributed by atoms with Crippen LogP contribution >= 0.6 is 34.5 Å². The van der Waals surface area contributed by atoms with Gasteiger partial charge in [-0.3, -0.25) is 9.36 Å². The summed E-state index contributed by atoms with van der Waals surface area (Å²) in [6.07, 6.45) is 3.64. The third kappa shape index (κ3) is 5.38. The van der Waals surface area contributed by atoms with Crippen molar-refractivity contribution in [3.63, 3.8) is 0 Å². The Morgan fingerprint density at radius 1 is 0.932 bits per heavy atom. The van der Waals surface area contributed by atoms with Crippen molar-refractivity contribution in [2.45, 2.75) is 32.4 Å². The number of thiazole rings is 1. The molecule has 4 aromatic carbocycles. The van der Waals surface area contributed by atoms with E-state index in [0.29, 0.717) is 44.1 Å². The minimum atomic E-state index is -0.256. The van der Waals surface area contributed by atoms with Gasteiger partial charge in [0, 0.05) is 21.2 Å². The molecule has 5 aromatic rings. The van der Waals surface area contributed by atoms with E-state index in [4.69, 9.17) is 37.7 Å². The largest absolute Gasteiger partial charge is 0.490 e. The number of nitrogens with zero attached hydrogens (tertiary/aromatic N) is 2. The molecule has 0 saturated heterocycles. The fraction of sp³-hybridized carbons (Fsp3) is 0.167. The van der Waals surface area contributed by atoms with Gasteiger partial charge in [0.2, 0.25) is 0 Å². The number of rotatable bonds is 7. The first-order chi connectivity index (χ1) is 21.5. The molecule has 0 fully saturated rings. The molecular weight excluding hydrogens is 611 g/mol. The Bertz CT molecular complexity index is 2100. The molecule has 0 unspecified atom stereocenters. The lowest BCUT2D eigenvalue weighted by Crippen LogP contribution is -2.38. The standard InChI is InChI=1S/C36H28Cl2N2O3S/c1-2-42-31-19-22(11-18-30(31)43-21-25-8-4-6-10-29(25)38)20-32-35(41)40-34(24-12-15-26(37)16-13-24)28-17-14-23-7-3-5-9-27(23)33(28)39-36(40)44-32/h3-13,15-16,18-20,34H,2,14,17,21H2,1H3/b32-20+/t34-/m1/s1.